The molecule has 3 nitrogen and oxygen atoms in total. The predicted molar refractivity (Wildman–Crippen MR) is 39.9 cm³/mol. The van der Waals surface area contributed by atoms with Crippen molar-refractivity contribution in [3.05, 3.63) is 18.2 Å². The van der Waals surface area contributed by atoms with Crippen molar-refractivity contribution in [1.29, 1.82) is 0 Å². The first-order chi connectivity index (χ1) is 4.88. The SMILES string of the molecule is Cc1nsc2ncncc12. The van der Waals surface area contributed by atoms with Gasteiger partial charge < -0.3 is 0 Å². The Morgan fingerprint density at radius 2 is 2.40 bits per heavy atom. The number of hydrogen-bond acceptors (Lipinski definition) is 4. The Labute approximate surface area is 61.9 Å². The fraction of sp³-hybridized carbons (Fsp3) is 0.167. The van der Waals surface area contributed by atoms with Crippen LogP contribution < -0.4 is 0 Å². The van der Waals surface area contributed by atoms with Crippen molar-refractivity contribution in [2.45, 2.75) is 6.92 Å². The molecule has 0 bridgehead atoms. The zero-order valence-corrected chi connectivity index (χ0v) is 6.22. The van der Waals surface area contributed by atoms with Gasteiger partial charge in [0.25, 0.3) is 0 Å². The summed E-state index contributed by atoms with van der Waals surface area (Å²) in [6.45, 7) is 1.96. The van der Waals surface area contributed by atoms with E-state index in [-0.39, 0.29) is 0 Å². The summed E-state index contributed by atoms with van der Waals surface area (Å²) in [5, 5.41) is 1.06. The van der Waals surface area contributed by atoms with E-state index < -0.39 is 0 Å². The van der Waals surface area contributed by atoms with E-state index in [9.17, 15) is 0 Å². The van der Waals surface area contributed by atoms with E-state index in [1.807, 2.05) is 6.92 Å². The second-order valence-electron chi connectivity index (χ2n) is 2.01. The molecule has 0 fully saturated rings. The van der Waals surface area contributed by atoms with Crippen LogP contribution in [0, 0.1) is 6.92 Å². The molecule has 50 valence electrons. The average molecular weight is 151 g/mol. The maximum atomic E-state index is 4.13. The molecule has 2 aromatic heterocycles. The monoisotopic (exact) mass is 151 g/mol. The summed E-state index contributed by atoms with van der Waals surface area (Å²) in [6, 6.07) is 0. The summed E-state index contributed by atoms with van der Waals surface area (Å²) in [6.07, 6.45) is 3.33. The van der Waals surface area contributed by atoms with Crippen molar-refractivity contribution in [2.75, 3.05) is 0 Å². The van der Waals surface area contributed by atoms with Gasteiger partial charge in [0.2, 0.25) is 0 Å². The minimum absolute atomic E-state index is 0.965. The number of aromatic nitrogens is 3. The highest BCUT2D eigenvalue weighted by atomic mass is 32.1. The van der Waals surface area contributed by atoms with Gasteiger partial charge in [-0.3, -0.25) is 0 Å². The van der Waals surface area contributed by atoms with Gasteiger partial charge in [0.05, 0.1) is 11.1 Å². The van der Waals surface area contributed by atoms with Crippen LogP contribution in [-0.4, -0.2) is 14.3 Å². The Balaban J connectivity index is 2.93. The molecule has 0 aliphatic rings. The molecule has 4 heteroatoms. The lowest BCUT2D eigenvalue weighted by molar-refractivity contribution is 1.23. The molecule has 10 heavy (non-hydrogen) atoms. The molecule has 0 unspecified atom stereocenters. The largest absolute Gasteiger partial charge is 0.244 e. The fourth-order valence-electron chi connectivity index (χ4n) is 0.800. The topological polar surface area (TPSA) is 38.7 Å². The molecular formula is C6H5N3S. The standard InChI is InChI=1S/C6H5N3S/c1-4-5-2-7-3-8-6(5)10-9-4/h2-3H,1H3. The quantitative estimate of drug-likeness (QED) is 0.571. The van der Waals surface area contributed by atoms with E-state index in [0.29, 0.717) is 0 Å². The Morgan fingerprint density at radius 1 is 1.50 bits per heavy atom. The van der Waals surface area contributed by atoms with Crippen LogP contribution in [0.15, 0.2) is 12.5 Å². The van der Waals surface area contributed by atoms with Gasteiger partial charge in [0, 0.05) is 6.20 Å². The molecule has 0 spiro atoms. The minimum atomic E-state index is 0.965. The van der Waals surface area contributed by atoms with Gasteiger partial charge in [0.1, 0.15) is 11.2 Å². The van der Waals surface area contributed by atoms with Crippen molar-refractivity contribution >= 4 is 21.7 Å². The van der Waals surface area contributed by atoms with Gasteiger partial charge in [-0.25, -0.2) is 9.97 Å². The summed E-state index contributed by atoms with van der Waals surface area (Å²) >= 11 is 1.41. The Kier molecular flexibility index (Phi) is 1.14. The van der Waals surface area contributed by atoms with E-state index >= 15 is 0 Å². The molecule has 2 aromatic rings. The van der Waals surface area contributed by atoms with E-state index in [1.165, 1.54) is 11.5 Å². The third-order valence-corrected chi connectivity index (χ3v) is 2.20. The van der Waals surface area contributed by atoms with Gasteiger partial charge in [-0.2, -0.15) is 4.37 Å². The molecule has 0 aromatic carbocycles. The maximum absolute atomic E-state index is 4.13. The van der Waals surface area contributed by atoms with Gasteiger partial charge in [0.15, 0.2) is 0 Å². The fourth-order valence-corrected chi connectivity index (χ4v) is 1.51. The van der Waals surface area contributed by atoms with Crippen LogP contribution in [0.3, 0.4) is 0 Å². The van der Waals surface area contributed by atoms with Crippen LogP contribution >= 0.6 is 11.5 Å². The highest BCUT2D eigenvalue weighted by Crippen LogP contribution is 2.16. The van der Waals surface area contributed by atoms with Crippen molar-refractivity contribution in [1.82, 2.24) is 14.3 Å². The Hall–Kier alpha value is -1.03. The van der Waals surface area contributed by atoms with Gasteiger partial charge in [-0.05, 0) is 18.5 Å². The zero-order chi connectivity index (χ0) is 6.97. The Morgan fingerprint density at radius 3 is 3.20 bits per heavy atom. The summed E-state index contributed by atoms with van der Waals surface area (Å²) in [7, 11) is 0. The Bertz CT molecular complexity index is 355. The summed E-state index contributed by atoms with van der Waals surface area (Å²) in [5.41, 5.74) is 1.01. The second-order valence-corrected chi connectivity index (χ2v) is 2.76. The van der Waals surface area contributed by atoms with E-state index in [4.69, 9.17) is 0 Å². The van der Waals surface area contributed by atoms with Crippen LogP contribution in [0.5, 0.6) is 0 Å². The smallest absolute Gasteiger partial charge is 0.147 e. The van der Waals surface area contributed by atoms with Crippen molar-refractivity contribution < 1.29 is 0 Å². The third-order valence-electron chi connectivity index (χ3n) is 1.33. The molecule has 0 aliphatic carbocycles. The van der Waals surface area contributed by atoms with Crippen molar-refractivity contribution in [2.24, 2.45) is 0 Å². The van der Waals surface area contributed by atoms with Crippen molar-refractivity contribution in [3.8, 4) is 0 Å². The first kappa shape index (κ1) is 5.73. The number of aryl methyl sites for hydroxylation is 1. The molecule has 2 heterocycles. The predicted octanol–water partition coefficient (Wildman–Crippen LogP) is 1.39. The summed E-state index contributed by atoms with van der Waals surface area (Å²) in [5.74, 6) is 0. The van der Waals surface area contributed by atoms with Crippen LogP contribution in [0.2, 0.25) is 0 Å². The maximum Gasteiger partial charge on any atom is 0.147 e. The lowest BCUT2D eigenvalue weighted by atomic mass is 10.3. The van der Waals surface area contributed by atoms with E-state index in [0.717, 1.165) is 15.9 Å². The first-order valence-corrected chi connectivity index (χ1v) is 3.67. The molecular weight excluding hydrogens is 146 g/mol. The lowest BCUT2D eigenvalue weighted by Gasteiger charge is -1.83. The van der Waals surface area contributed by atoms with Crippen molar-refractivity contribution in [3.63, 3.8) is 0 Å². The van der Waals surface area contributed by atoms with Gasteiger partial charge >= 0.3 is 0 Å². The molecule has 0 N–H and O–H groups in total. The minimum Gasteiger partial charge on any atom is -0.244 e. The molecule has 0 radical (unpaired) electrons. The second kappa shape index (κ2) is 1.98. The van der Waals surface area contributed by atoms with E-state index in [2.05, 4.69) is 14.3 Å². The molecule has 0 amide bonds. The molecule has 0 aliphatic heterocycles. The zero-order valence-electron chi connectivity index (χ0n) is 5.40. The molecule has 0 atom stereocenters. The molecule has 2 rings (SSSR count). The van der Waals surface area contributed by atoms with Crippen LogP contribution in [0.25, 0.3) is 10.2 Å². The first-order valence-electron chi connectivity index (χ1n) is 2.90. The summed E-state index contributed by atoms with van der Waals surface area (Å²) in [4.78, 5) is 8.91. The number of fused-ring (bicyclic) bond motifs is 1. The lowest BCUT2D eigenvalue weighted by Crippen LogP contribution is -1.75. The number of hydrogen-bond donors (Lipinski definition) is 0. The third kappa shape index (κ3) is 0.690. The normalized spacial score (nSPS) is 10.5. The van der Waals surface area contributed by atoms with Gasteiger partial charge in [-0.15, -0.1) is 0 Å². The number of nitrogens with zero attached hydrogens (tertiary/aromatic N) is 3. The number of rotatable bonds is 0. The summed E-state index contributed by atoms with van der Waals surface area (Å²) < 4.78 is 4.13. The molecule has 0 saturated carbocycles. The van der Waals surface area contributed by atoms with Crippen LogP contribution in [0.4, 0.5) is 0 Å². The molecule has 0 saturated heterocycles. The highest BCUT2D eigenvalue weighted by Gasteiger charge is 1.99. The van der Waals surface area contributed by atoms with E-state index in [1.54, 1.807) is 12.5 Å². The van der Waals surface area contributed by atoms with Gasteiger partial charge in [-0.1, -0.05) is 0 Å². The van der Waals surface area contributed by atoms with Crippen LogP contribution in [0.1, 0.15) is 5.69 Å². The highest BCUT2D eigenvalue weighted by molar-refractivity contribution is 7.12. The van der Waals surface area contributed by atoms with Crippen LogP contribution in [-0.2, 0) is 0 Å². The average Bonchev–Trinajstić information content (AvgIpc) is 2.34.